The zero-order valence-electron chi connectivity index (χ0n) is 10.3. The van der Waals surface area contributed by atoms with Gasteiger partial charge >= 0.3 is 5.69 Å². The molecule has 0 spiro atoms. The summed E-state index contributed by atoms with van der Waals surface area (Å²) in [5.74, 6) is 0. The first-order valence-electron chi connectivity index (χ1n) is 5.79. The standard InChI is InChI=1S/C11H12N4O4/c1-2-8-5-6-13(12-8)10-4-3-9(14(16)17)7-11(10)15(18)19/h3-4,7H,2,5-6H2,1H3. The van der Waals surface area contributed by atoms with Gasteiger partial charge in [0.25, 0.3) is 5.69 Å². The van der Waals surface area contributed by atoms with Gasteiger partial charge in [0.05, 0.1) is 15.9 Å². The highest BCUT2D eigenvalue weighted by atomic mass is 16.6. The summed E-state index contributed by atoms with van der Waals surface area (Å²) >= 11 is 0. The van der Waals surface area contributed by atoms with Crippen molar-refractivity contribution in [3.63, 3.8) is 0 Å². The average Bonchev–Trinajstić information content (AvgIpc) is 2.86. The molecule has 0 fully saturated rings. The van der Waals surface area contributed by atoms with Crippen LogP contribution < -0.4 is 5.01 Å². The van der Waals surface area contributed by atoms with E-state index in [4.69, 9.17) is 0 Å². The molecule has 0 unspecified atom stereocenters. The van der Waals surface area contributed by atoms with Crippen LogP contribution >= 0.6 is 0 Å². The van der Waals surface area contributed by atoms with E-state index >= 15 is 0 Å². The summed E-state index contributed by atoms with van der Waals surface area (Å²) in [4.78, 5) is 20.4. The summed E-state index contributed by atoms with van der Waals surface area (Å²) < 4.78 is 0. The Balaban J connectivity index is 2.43. The smallest absolute Gasteiger partial charge is 0.258 e. The minimum Gasteiger partial charge on any atom is -0.258 e. The van der Waals surface area contributed by atoms with E-state index in [1.54, 1.807) is 0 Å². The molecule has 1 aliphatic heterocycles. The molecule has 100 valence electrons. The minimum atomic E-state index is -0.651. The van der Waals surface area contributed by atoms with Gasteiger partial charge in [-0.3, -0.25) is 25.2 Å². The van der Waals surface area contributed by atoms with Crippen molar-refractivity contribution in [2.75, 3.05) is 11.6 Å². The van der Waals surface area contributed by atoms with Crippen LogP contribution in [0.2, 0.25) is 0 Å². The molecule has 1 aromatic rings. The summed E-state index contributed by atoms with van der Waals surface area (Å²) in [5, 5.41) is 27.5. The van der Waals surface area contributed by atoms with Gasteiger partial charge in [-0.15, -0.1) is 0 Å². The summed E-state index contributed by atoms with van der Waals surface area (Å²) in [6, 6.07) is 3.59. The molecule has 0 N–H and O–H groups in total. The van der Waals surface area contributed by atoms with E-state index < -0.39 is 9.85 Å². The van der Waals surface area contributed by atoms with Gasteiger partial charge in [-0.2, -0.15) is 5.10 Å². The fraction of sp³-hybridized carbons (Fsp3) is 0.364. The summed E-state index contributed by atoms with van der Waals surface area (Å²) in [7, 11) is 0. The predicted octanol–water partition coefficient (Wildman–Crippen LogP) is 2.48. The topological polar surface area (TPSA) is 102 Å². The lowest BCUT2D eigenvalue weighted by Gasteiger charge is -2.13. The van der Waals surface area contributed by atoms with E-state index in [-0.39, 0.29) is 11.4 Å². The number of hydrogen-bond acceptors (Lipinski definition) is 6. The first-order chi connectivity index (χ1) is 9.02. The van der Waals surface area contributed by atoms with E-state index in [9.17, 15) is 20.2 Å². The second-order valence-corrected chi connectivity index (χ2v) is 4.08. The van der Waals surface area contributed by atoms with Crippen molar-refractivity contribution >= 4 is 22.8 Å². The van der Waals surface area contributed by atoms with Crippen molar-refractivity contribution in [2.24, 2.45) is 5.10 Å². The number of nitrogens with zero attached hydrogens (tertiary/aromatic N) is 4. The Morgan fingerprint density at radius 2 is 2.05 bits per heavy atom. The second-order valence-electron chi connectivity index (χ2n) is 4.08. The van der Waals surface area contributed by atoms with Crippen molar-refractivity contribution in [1.29, 1.82) is 0 Å². The molecule has 0 bridgehead atoms. The molecule has 0 saturated carbocycles. The third kappa shape index (κ3) is 2.51. The number of nitro groups is 2. The number of hydrazone groups is 1. The molecule has 1 heterocycles. The zero-order chi connectivity index (χ0) is 14.0. The normalized spacial score (nSPS) is 14.4. The van der Waals surface area contributed by atoms with Crippen LogP contribution in [0, 0.1) is 20.2 Å². The average molecular weight is 264 g/mol. The van der Waals surface area contributed by atoms with Gasteiger partial charge in [-0.25, -0.2) is 0 Å². The van der Waals surface area contributed by atoms with Crippen LogP contribution in [0.3, 0.4) is 0 Å². The number of hydrogen-bond donors (Lipinski definition) is 0. The Morgan fingerprint density at radius 1 is 1.32 bits per heavy atom. The number of nitro benzene ring substituents is 2. The highest BCUT2D eigenvalue weighted by Gasteiger charge is 2.25. The highest BCUT2D eigenvalue weighted by molar-refractivity contribution is 5.88. The maximum atomic E-state index is 11.0. The van der Waals surface area contributed by atoms with Crippen LogP contribution in [0.1, 0.15) is 19.8 Å². The Morgan fingerprint density at radius 3 is 2.58 bits per heavy atom. The Bertz CT molecular complexity index is 570. The second kappa shape index (κ2) is 5.01. The first kappa shape index (κ1) is 12.9. The molecule has 0 atom stereocenters. The third-order valence-electron chi connectivity index (χ3n) is 2.93. The Hall–Kier alpha value is -2.51. The minimum absolute atomic E-state index is 0.291. The lowest BCUT2D eigenvalue weighted by Crippen LogP contribution is -2.13. The van der Waals surface area contributed by atoms with E-state index in [0.717, 1.165) is 24.6 Å². The zero-order valence-corrected chi connectivity index (χ0v) is 10.3. The molecule has 8 nitrogen and oxygen atoms in total. The number of non-ortho nitro benzene ring substituents is 1. The SMILES string of the molecule is CCC1=NN(c2ccc([N+](=O)[O-])cc2[N+](=O)[O-])CC1. The van der Waals surface area contributed by atoms with Gasteiger partial charge in [0.15, 0.2) is 0 Å². The van der Waals surface area contributed by atoms with Gasteiger partial charge in [0.2, 0.25) is 0 Å². The van der Waals surface area contributed by atoms with Crippen LogP contribution in [-0.2, 0) is 0 Å². The maximum absolute atomic E-state index is 11.0. The number of rotatable bonds is 4. The fourth-order valence-electron chi connectivity index (χ4n) is 1.92. The third-order valence-corrected chi connectivity index (χ3v) is 2.93. The Kier molecular flexibility index (Phi) is 3.41. The van der Waals surface area contributed by atoms with Crippen molar-refractivity contribution in [3.8, 4) is 0 Å². The largest absolute Gasteiger partial charge is 0.301 e. The Labute approximate surface area is 108 Å². The van der Waals surface area contributed by atoms with E-state index in [1.165, 1.54) is 17.1 Å². The van der Waals surface area contributed by atoms with Crippen LogP contribution in [0.4, 0.5) is 17.1 Å². The lowest BCUT2D eigenvalue weighted by atomic mass is 10.2. The van der Waals surface area contributed by atoms with Crippen molar-refractivity contribution in [2.45, 2.75) is 19.8 Å². The molecule has 1 aliphatic rings. The molecule has 0 saturated heterocycles. The summed E-state index contributed by atoms with van der Waals surface area (Å²) in [6.45, 7) is 2.52. The van der Waals surface area contributed by atoms with Crippen LogP contribution in [-0.4, -0.2) is 22.1 Å². The summed E-state index contributed by atoms with van der Waals surface area (Å²) in [5.41, 5.74) is 0.663. The fourth-order valence-corrected chi connectivity index (χ4v) is 1.92. The van der Waals surface area contributed by atoms with Gasteiger partial charge in [-0.1, -0.05) is 6.92 Å². The van der Waals surface area contributed by atoms with Crippen LogP contribution in [0.15, 0.2) is 23.3 Å². The molecule has 0 radical (unpaired) electrons. The van der Waals surface area contributed by atoms with Gasteiger partial charge in [0, 0.05) is 24.7 Å². The monoisotopic (exact) mass is 264 g/mol. The van der Waals surface area contributed by atoms with E-state index in [1.807, 2.05) is 6.92 Å². The van der Waals surface area contributed by atoms with E-state index in [2.05, 4.69) is 5.10 Å². The quantitative estimate of drug-likeness (QED) is 0.614. The number of benzene rings is 1. The molecular formula is C11H12N4O4. The molecule has 2 rings (SSSR count). The summed E-state index contributed by atoms with van der Waals surface area (Å²) in [6.07, 6.45) is 1.54. The highest BCUT2D eigenvalue weighted by Crippen LogP contribution is 2.33. The molecule has 0 aliphatic carbocycles. The number of anilines is 1. The predicted molar refractivity (Wildman–Crippen MR) is 69.4 cm³/mol. The van der Waals surface area contributed by atoms with Gasteiger partial charge in [-0.05, 0) is 12.5 Å². The van der Waals surface area contributed by atoms with Gasteiger partial charge in [0.1, 0.15) is 5.69 Å². The molecule has 8 heteroatoms. The van der Waals surface area contributed by atoms with Crippen molar-refractivity contribution < 1.29 is 9.85 Å². The van der Waals surface area contributed by atoms with Gasteiger partial charge < -0.3 is 0 Å². The molecular weight excluding hydrogens is 252 g/mol. The molecule has 19 heavy (non-hydrogen) atoms. The first-order valence-corrected chi connectivity index (χ1v) is 5.79. The van der Waals surface area contributed by atoms with E-state index in [0.29, 0.717) is 12.2 Å². The molecule has 1 aromatic carbocycles. The lowest BCUT2D eigenvalue weighted by molar-refractivity contribution is -0.393. The maximum Gasteiger partial charge on any atom is 0.301 e. The molecule has 0 amide bonds. The van der Waals surface area contributed by atoms with Crippen LogP contribution in [0.25, 0.3) is 0 Å². The van der Waals surface area contributed by atoms with Crippen molar-refractivity contribution in [3.05, 3.63) is 38.4 Å². The van der Waals surface area contributed by atoms with Crippen molar-refractivity contribution in [1.82, 2.24) is 0 Å². The molecule has 0 aromatic heterocycles. The van der Waals surface area contributed by atoms with Crippen LogP contribution in [0.5, 0.6) is 0 Å².